The predicted molar refractivity (Wildman–Crippen MR) is 72.0 cm³/mol. The number of carbonyl (C=O) groups excluding carboxylic acids is 1. The first-order valence-corrected chi connectivity index (χ1v) is 6.59. The number of fused-ring (bicyclic) bond motifs is 3. The van der Waals surface area contributed by atoms with Gasteiger partial charge in [0.25, 0.3) is 5.91 Å². The first-order valence-electron chi connectivity index (χ1n) is 5.04. The molecule has 0 radical (unpaired) electrons. The number of amides is 1. The molecule has 1 amide bonds. The highest BCUT2D eigenvalue weighted by Gasteiger charge is 2.23. The topological polar surface area (TPSA) is 34.0 Å². The van der Waals surface area contributed by atoms with Crippen LogP contribution in [0.25, 0.3) is 10.9 Å². The van der Waals surface area contributed by atoms with Crippen LogP contribution in [0.4, 0.5) is 0 Å². The first kappa shape index (κ1) is 11.4. The predicted octanol–water partition coefficient (Wildman–Crippen LogP) is 3.45. The Bertz CT molecular complexity index is 651. The summed E-state index contributed by atoms with van der Waals surface area (Å²) in [5.41, 5.74) is 1.44. The van der Waals surface area contributed by atoms with E-state index in [1.807, 2.05) is 10.6 Å². The van der Waals surface area contributed by atoms with Crippen molar-refractivity contribution >= 4 is 55.9 Å². The first-order chi connectivity index (χ1) is 8.09. The van der Waals surface area contributed by atoms with Crippen LogP contribution in [0, 0.1) is 0 Å². The van der Waals surface area contributed by atoms with Crippen molar-refractivity contribution in [2.75, 3.05) is 6.54 Å². The van der Waals surface area contributed by atoms with Gasteiger partial charge in [-0.2, -0.15) is 0 Å². The van der Waals surface area contributed by atoms with Gasteiger partial charge in [0.1, 0.15) is 5.69 Å². The summed E-state index contributed by atoms with van der Waals surface area (Å²) in [6, 6.07) is 3.58. The number of nitrogens with one attached hydrogen (secondary N) is 1. The number of rotatable bonds is 0. The molecule has 0 bridgehead atoms. The van der Waals surface area contributed by atoms with Crippen LogP contribution in [-0.4, -0.2) is 17.0 Å². The van der Waals surface area contributed by atoms with Crippen molar-refractivity contribution < 1.29 is 4.79 Å². The molecule has 2 aromatic rings. The van der Waals surface area contributed by atoms with Crippen LogP contribution in [0.5, 0.6) is 0 Å². The van der Waals surface area contributed by atoms with Crippen LogP contribution in [0.15, 0.2) is 16.6 Å². The van der Waals surface area contributed by atoms with Gasteiger partial charge in [0, 0.05) is 22.9 Å². The standard InChI is InChI=1S/C11H7BrCl2N2O/c12-6-4-7(13)9(14)10-5(6)3-8-11(17)15-1-2-16(8)10/h3-4H,1-2H2,(H,15,17). The van der Waals surface area contributed by atoms with E-state index in [1.165, 1.54) is 0 Å². The Morgan fingerprint density at radius 1 is 1.35 bits per heavy atom. The molecule has 1 aliphatic heterocycles. The van der Waals surface area contributed by atoms with Crippen molar-refractivity contribution in [3.63, 3.8) is 0 Å². The van der Waals surface area contributed by atoms with Gasteiger partial charge in [-0.1, -0.05) is 39.1 Å². The summed E-state index contributed by atoms with van der Waals surface area (Å²) in [5, 5.41) is 4.69. The lowest BCUT2D eigenvalue weighted by Crippen LogP contribution is -2.34. The molecule has 17 heavy (non-hydrogen) atoms. The molecule has 0 aliphatic carbocycles. The third-order valence-corrected chi connectivity index (χ3v) is 4.31. The van der Waals surface area contributed by atoms with Gasteiger partial charge in [-0.15, -0.1) is 0 Å². The van der Waals surface area contributed by atoms with E-state index < -0.39 is 0 Å². The summed E-state index contributed by atoms with van der Waals surface area (Å²) in [7, 11) is 0. The van der Waals surface area contributed by atoms with Crippen LogP contribution in [0.1, 0.15) is 10.5 Å². The van der Waals surface area contributed by atoms with Gasteiger partial charge in [-0.3, -0.25) is 4.79 Å². The highest BCUT2D eigenvalue weighted by Crippen LogP contribution is 2.38. The monoisotopic (exact) mass is 332 g/mol. The Morgan fingerprint density at radius 3 is 2.88 bits per heavy atom. The van der Waals surface area contributed by atoms with E-state index in [1.54, 1.807) is 6.07 Å². The third kappa shape index (κ3) is 1.58. The van der Waals surface area contributed by atoms with Gasteiger partial charge in [-0.25, -0.2) is 0 Å². The van der Waals surface area contributed by atoms with Crippen molar-refractivity contribution in [3.05, 3.63) is 32.3 Å². The number of aromatic nitrogens is 1. The van der Waals surface area contributed by atoms with E-state index in [2.05, 4.69) is 21.2 Å². The molecule has 0 saturated heterocycles. The largest absolute Gasteiger partial charge is 0.349 e. The molecule has 3 nitrogen and oxygen atoms in total. The third-order valence-electron chi connectivity index (χ3n) is 2.88. The second kappa shape index (κ2) is 3.90. The molecule has 88 valence electrons. The molecule has 0 saturated carbocycles. The second-order valence-electron chi connectivity index (χ2n) is 3.85. The lowest BCUT2D eigenvalue weighted by atomic mass is 10.2. The van der Waals surface area contributed by atoms with Crippen LogP contribution < -0.4 is 5.32 Å². The van der Waals surface area contributed by atoms with Crippen LogP contribution in [-0.2, 0) is 6.54 Å². The number of hydrogen-bond donors (Lipinski definition) is 1. The molecule has 1 aromatic heterocycles. The number of benzene rings is 1. The van der Waals surface area contributed by atoms with Crippen LogP contribution >= 0.6 is 39.1 Å². The van der Waals surface area contributed by atoms with Crippen molar-refractivity contribution in [1.82, 2.24) is 9.88 Å². The summed E-state index contributed by atoms with van der Waals surface area (Å²) >= 11 is 15.7. The fraction of sp³-hybridized carbons (Fsp3) is 0.182. The van der Waals surface area contributed by atoms with Gasteiger partial charge in [-0.05, 0) is 12.1 Å². The number of nitrogens with zero attached hydrogens (tertiary/aromatic N) is 1. The molecule has 0 spiro atoms. The van der Waals surface area contributed by atoms with E-state index >= 15 is 0 Å². The van der Waals surface area contributed by atoms with Crippen molar-refractivity contribution in [2.24, 2.45) is 0 Å². The minimum Gasteiger partial charge on any atom is -0.349 e. The summed E-state index contributed by atoms with van der Waals surface area (Å²) in [6.45, 7) is 1.31. The van der Waals surface area contributed by atoms with E-state index in [9.17, 15) is 4.79 Å². The fourth-order valence-electron chi connectivity index (χ4n) is 2.13. The van der Waals surface area contributed by atoms with E-state index in [-0.39, 0.29) is 5.91 Å². The smallest absolute Gasteiger partial charge is 0.268 e. The Morgan fingerprint density at radius 2 is 2.12 bits per heavy atom. The lowest BCUT2D eigenvalue weighted by molar-refractivity contribution is 0.0929. The van der Waals surface area contributed by atoms with E-state index in [4.69, 9.17) is 23.2 Å². The van der Waals surface area contributed by atoms with Crippen LogP contribution in [0.3, 0.4) is 0 Å². The summed E-state index contributed by atoms with van der Waals surface area (Å²) < 4.78 is 2.75. The minimum absolute atomic E-state index is 0.0773. The Balaban J connectivity index is 2.47. The number of halogens is 3. The zero-order valence-electron chi connectivity index (χ0n) is 8.56. The van der Waals surface area contributed by atoms with Crippen LogP contribution in [0.2, 0.25) is 10.0 Å². The second-order valence-corrected chi connectivity index (χ2v) is 5.49. The molecule has 0 atom stereocenters. The van der Waals surface area contributed by atoms with Gasteiger partial charge in [0.05, 0.1) is 15.6 Å². The quantitative estimate of drug-likeness (QED) is 0.736. The molecule has 0 unspecified atom stereocenters. The normalized spacial score (nSPS) is 14.9. The van der Waals surface area contributed by atoms with Gasteiger partial charge in [0.15, 0.2) is 0 Å². The maximum Gasteiger partial charge on any atom is 0.268 e. The Hall–Kier alpha value is -0.710. The lowest BCUT2D eigenvalue weighted by Gasteiger charge is -2.17. The Labute approximate surface area is 116 Å². The van der Waals surface area contributed by atoms with Gasteiger partial charge >= 0.3 is 0 Å². The molecule has 0 fully saturated rings. The maximum atomic E-state index is 11.7. The van der Waals surface area contributed by atoms with Crippen molar-refractivity contribution in [2.45, 2.75) is 6.54 Å². The maximum absolute atomic E-state index is 11.7. The average molecular weight is 334 g/mol. The SMILES string of the molecule is O=C1NCCn2c1cc1c(Br)cc(Cl)c(Cl)c12. The highest BCUT2D eigenvalue weighted by molar-refractivity contribution is 9.10. The van der Waals surface area contributed by atoms with Crippen molar-refractivity contribution in [1.29, 1.82) is 0 Å². The molecule has 2 heterocycles. The molecule has 6 heteroatoms. The number of hydrogen-bond acceptors (Lipinski definition) is 1. The summed E-state index contributed by atoms with van der Waals surface area (Å²) in [5.74, 6) is -0.0773. The van der Waals surface area contributed by atoms with Gasteiger partial charge in [0.2, 0.25) is 0 Å². The molecule has 1 aromatic carbocycles. The van der Waals surface area contributed by atoms with Gasteiger partial charge < -0.3 is 9.88 Å². The molecule has 1 aliphatic rings. The molecule has 3 rings (SSSR count). The Kier molecular flexibility index (Phi) is 2.61. The molecule has 1 N–H and O–H groups in total. The van der Waals surface area contributed by atoms with Crippen molar-refractivity contribution in [3.8, 4) is 0 Å². The molecular formula is C11H7BrCl2N2O. The van der Waals surface area contributed by atoms with E-state index in [0.29, 0.717) is 28.8 Å². The minimum atomic E-state index is -0.0773. The highest BCUT2D eigenvalue weighted by atomic mass is 79.9. The van der Waals surface area contributed by atoms with E-state index in [0.717, 1.165) is 15.4 Å². The summed E-state index contributed by atoms with van der Waals surface area (Å²) in [4.78, 5) is 11.7. The average Bonchev–Trinajstić information content (AvgIpc) is 2.68. The molecular weight excluding hydrogens is 327 g/mol. The zero-order valence-corrected chi connectivity index (χ0v) is 11.7. The summed E-state index contributed by atoms with van der Waals surface area (Å²) in [6.07, 6.45) is 0. The zero-order chi connectivity index (χ0) is 12.2. The fourth-order valence-corrected chi connectivity index (χ4v) is 3.25. The number of carbonyl (C=O) groups is 1.